The second kappa shape index (κ2) is 20.8. The summed E-state index contributed by atoms with van der Waals surface area (Å²) >= 11 is 3.50. The zero-order valence-electron chi connectivity index (χ0n) is 37.8. The van der Waals surface area contributed by atoms with Crippen LogP contribution in [0.25, 0.3) is 0 Å². The van der Waals surface area contributed by atoms with Crippen LogP contribution in [0.5, 0.6) is 5.75 Å². The molecule has 0 spiro atoms. The van der Waals surface area contributed by atoms with Crippen molar-refractivity contribution in [2.24, 2.45) is 0 Å². The fraction of sp³-hybridized carbons (Fsp3) is 0.388. The minimum Gasteiger partial charge on any atom is -0.496 e. The first-order valence-electron chi connectivity index (χ1n) is 22.7. The van der Waals surface area contributed by atoms with E-state index in [-0.39, 0.29) is 61.3 Å². The summed E-state index contributed by atoms with van der Waals surface area (Å²) in [6.07, 6.45) is 9.25. The van der Waals surface area contributed by atoms with E-state index in [9.17, 15) is 28.8 Å². The van der Waals surface area contributed by atoms with Crippen molar-refractivity contribution in [1.82, 2.24) is 35.2 Å². The number of ether oxygens (including phenoxy) is 1. The second-order valence-electron chi connectivity index (χ2n) is 17.1. The Morgan fingerprint density at radius 2 is 1.79 bits per heavy atom. The van der Waals surface area contributed by atoms with Crippen LogP contribution in [0.4, 0.5) is 17.2 Å². The highest BCUT2D eigenvalue weighted by Crippen LogP contribution is 2.37. The minimum absolute atomic E-state index is 0.000859. The minimum atomic E-state index is -0.721. The molecule has 67 heavy (non-hydrogen) atoms. The molecule has 0 bridgehead atoms. The van der Waals surface area contributed by atoms with Gasteiger partial charge in [-0.25, -0.2) is 9.97 Å². The number of ketones is 1. The monoisotopic (exact) mass is 972 g/mol. The number of amides is 5. The van der Waals surface area contributed by atoms with E-state index in [0.717, 1.165) is 40.6 Å². The average molecular weight is 974 g/mol. The van der Waals surface area contributed by atoms with Crippen molar-refractivity contribution in [1.29, 1.82) is 0 Å². The van der Waals surface area contributed by atoms with E-state index in [0.29, 0.717) is 90.7 Å². The molecule has 1 saturated heterocycles. The number of unbranched alkanes of at least 4 members (excludes halogenated alkanes) is 3. The number of halogens is 1. The highest BCUT2D eigenvalue weighted by atomic mass is 79.9. The van der Waals surface area contributed by atoms with E-state index in [2.05, 4.69) is 46.8 Å². The third kappa shape index (κ3) is 10.6. The smallest absolute Gasteiger partial charge is 0.255 e. The third-order valence-corrected chi connectivity index (χ3v) is 13.2. The van der Waals surface area contributed by atoms with Crippen molar-refractivity contribution in [3.8, 4) is 5.75 Å². The molecule has 2 atom stereocenters. The molecule has 5 aromatic rings. The number of carbonyl (C=O) groups is 6. The molecule has 0 radical (unpaired) electrons. The van der Waals surface area contributed by atoms with Gasteiger partial charge in [-0.3, -0.25) is 38.8 Å². The van der Waals surface area contributed by atoms with Gasteiger partial charge in [0.25, 0.3) is 5.91 Å². The van der Waals surface area contributed by atoms with Crippen molar-refractivity contribution < 1.29 is 33.5 Å². The number of benzene rings is 3. The van der Waals surface area contributed by atoms with Crippen molar-refractivity contribution in [3.05, 3.63) is 117 Å². The number of piperidine rings is 1. The van der Waals surface area contributed by atoms with Crippen LogP contribution in [-0.2, 0) is 51.7 Å². The van der Waals surface area contributed by atoms with E-state index < -0.39 is 11.9 Å². The van der Waals surface area contributed by atoms with Crippen LogP contribution in [0.3, 0.4) is 0 Å². The van der Waals surface area contributed by atoms with Crippen molar-refractivity contribution >= 4 is 68.4 Å². The molecule has 18 heteroatoms. The Kier molecular flexibility index (Phi) is 14.5. The molecule has 1 fully saturated rings. The van der Waals surface area contributed by atoms with Crippen molar-refractivity contribution in [2.75, 3.05) is 29.3 Å². The van der Waals surface area contributed by atoms with Gasteiger partial charge < -0.3 is 24.8 Å². The summed E-state index contributed by atoms with van der Waals surface area (Å²) in [4.78, 5) is 91.6. The number of aromatic nitrogens is 5. The number of Topliss-reactive ketones (excluding diaryl/α,β-unsaturated/α-hetero) is 1. The topological polar surface area (TPSA) is 202 Å². The Morgan fingerprint density at radius 3 is 2.57 bits per heavy atom. The van der Waals surface area contributed by atoms with Crippen molar-refractivity contribution in [3.63, 3.8) is 0 Å². The van der Waals surface area contributed by atoms with Crippen LogP contribution in [0.15, 0.2) is 77.5 Å². The van der Waals surface area contributed by atoms with Gasteiger partial charge >= 0.3 is 0 Å². The predicted octanol–water partition coefficient (Wildman–Crippen LogP) is 6.36. The molecule has 5 heterocycles. The molecule has 348 valence electrons. The van der Waals surface area contributed by atoms with Gasteiger partial charge in [0, 0.05) is 97.4 Å². The first-order chi connectivity index (χ1) is 32.4. The molecular weight excluding hydrogens is 921 g/mol. The van der Waals surface area contributed by atoms with E-state index in [1.165, 1.54) is 4.90 Å². The maximum absolute atomic E-state index is 13.4. The quantitative estimate of drug-likeness (QED) is 0.0528. The number of hydrogen-bond acceptors (Lipinski definition) is 12. The number of aryl methyl sites for hydroxylation is 2. The number of nitrogens with zero attached hydrogens (tertiary/aromatic N) is 8. The predicted molar refractivity (Wildman–Crippen MR) is 253 cm³/mol. The summed E-state index contributed by atoms with van der Waals surface area (Å²) in [7, 11) is 3.33. The van der Waals surface area contributed by atoms with Gasteiger partial charge in [0.05, 0.1) is 19.0 Å². The van der Waals surface area contributed by atoms with Crippen LogP contribution in [-0.4, -0.2) is 91.4 Å². The standard InChI is InChI=1S/C49H53BrN10O7/c1-4-38-49(66)57(2)40-26-51-43(53-46(40)59(38)27-30-13-17-33(50)18-14-30)25-32-16-15-31(24-42(32)67-3)41(61)21-19-34-28-58(56-55-34)23-8-6-5-7-12-44(62)52-37-11-9-10-35-36(37)29-60(48(35)65)39-20-22-45(63)54-47(39)64/h9-11,13-18,24,26,28,38-39H,4-8,12,19-23,25,27,29H2,1-3H3,(H,52,62)(H,54,63,64)/t38-,39?/m1/s1. The van der Waals surface area contributed by atoms with Gasteiger partial charge in [0.2, 0.25) is 23.6 Å². The molecular formula is C49H53BrN10O7. The molecule has 1 unspecified atom stereocenters. The number of nitrogens with one attached hydrogen (secondary N) is 2. The van der Waals surface area contributed by atoms with E-state index >= 15 is 0 Å². The van der Waals surface area contributed by atoms with Gasteiger partial charge in [0.1, 0.15) is 29.3 Å². The number of rotatable bonds is 19. The number of anilines is 3. The fourth-order valence-corrected chi connectivity index (χ4v) is 9.20. The van der Waals surface area contributed by atoms with E-state index in [4.69, 9.17) is 9.72 Å². The summed E-state index contributed by atoms with van der Waals surface area (Å²) in [5.74, 6) is 0.520. The van der Waals surface area contributed by atoms with Gasteiger partial charge in [0.15, 0.2) is 11.6 Å². The Bertz CT molecular complexity index is 2710. The van der Waals surface area contributed by atoms with Crippen LogP contribution in [0.1, 0.15) is 114 Å². The highest BCUT2D eigenvalue weighted by molar-refractivity contribution is 9.10. The first kappa shape index (κ1) is 46.7. The lowest BCUT2D eigenvalue weighted by Crippen LogP contribution is -2.52. The molecule has 17 nitrogen and oxygen atoms in total. The largest absolute Gasteiger partial charge is 0.496 e. The lowest BCUT2D eigenvalue weighted by atomic mass is 10.0. The van der Waals surface area contributed by atoms with Gasteiger partial charge in [-0.1, -0.05) is 71.2 Å². The molecule has 2 N–H and O–H groups in total. The van der Waals surface area contributed by atoms with Crippen LogP contribution >= 0.6 is 15.9 Å². The Balaban J connectivity index is 0.781. The molecule has 5 amide bonds. The number of fused-ring (bicyclic) bond motifs is 2. The average Bonchev–Trinajstić information content (AvgIpc) is 3.93. The zero-order valence-corrected chi connectivity index (χ0v) is 39.4. The van der Waals surface area contributed by atoms with Gasteiger partial charge in [-0.2, -0.15) is 0 Å². The van der Waals surface area contributed by atoms with E-state index in [1.54, 1.807) is 60.3 Å². The lowest BCUT2D eigenvalue weighted by Gasteiger charge is -2.40. The molecule has 3 aliphatic rings. The molecule has 3 aromatic carbocycles. The third-order valence-electron chi connectivity index (χ3n) is 12.6. The number of carbonyl (C=O) groups excluding carboxylic acids is 6. The Hall–Kier alpha value is -6.82. The summed E-state index contributed by atoms with van der Waals surface area (Å²) < 4.78 is 8.51. The zero-order chi connectivity index (χ0) is 47.2. The van der Waals surface area contributed by atoms with Crippen LogP contribution in [0, 0.1) is 0 Å². The van der Waals surface area contributed by atoms with Crippen LogP contribution < -0.4 is 25.2 Å². The molecule has 0 saturated carbocycles. The summed E-state index contributed by atoms with van der Waals surface area (Å²) in [6, 6.07) is 17.5. The molecule has 2 aromatic heterocycles. The van der Waals surface area contributed by atoms with Gasteiger partial charge in [-0.15, -0.1) is 5.10 Å². The SMILES string of the molecule is CC[C@@H]1C(=O)N(C)c2cnc(Cc3ccc(C(=O)CCc4cn(CCCCCCC(=O)Nc5cccc6c5CN(C5CCC(=O)NC5=O)C6=O)nn4)cc3OC)nc2N1Cc1ccc(Br)cc1. The maximum atomic E-state index is 13.4. The molecule has 3 aliphatic heterocycles. The number of imide groups is 1. The summed E-state index contributed by atoms with van der Waals surface area (Å²) in [5, 5.41) is 13.8. The van der Waals surface area contributed by atoms with E-state index in [1.807, 2.05) is 43.5 Å². The summed E-state index contributed by atoms with van der Waals surface area (Å²) in [6.45, 7) is 3.36. The fourth-order valence-electron chi connectivity index (χ4n) is 8.94. The molecule has 8 rings (SSSR count). The number of hydrogen-bond donors (Lipinski definition) is 2. The number of likely N-dealkylation sites (N-methyl/N-ethyl adjacent to an activating group) is 1. The second-order valence-corrected chi connectivity index (χ2v) is 18.0. The lowest BCUT2D eigenvalue weighted by molar-refractivity contribution is -0.137. The summed E-state index contributed by atoms with van der Waals surface area (Å²) in [5.41, 5.74) is 5.46. The normalized spacial score (nSPS) is 16.8. The Labute approximate surface area is 396 Å². The number of methoxy groups -OCH3 is 1. The van der Waals surface area contributed by atoms with Crippen molar-refractivity contribution in [2.45, 2.75) is 109 Å². The van der Waals surface area contributed by atoms with Crippen LogP contribution in [0.2, 0.25) is 0 Å². The first-order valence-corrected chi connectivity index (χ1v) is 23.5. The maximum Gasteiger partial charge on any atom is 0.255 e. The Morgan fingerprint density at radius 1 is 0.985 bits per heavy atom. The van der Waals surface area contributed by atoms with Gasteiger partial charge in [-0.05, 0) is 61.6 Å². The highest BCUT2D eigenvalue weighted by Gasteiger charge is 2.40. The molecule has 0 aliphatic carbocycles.